The predicted octanol–water partition coefficient (Wildman–Crippen LogP) is 0.642. The van der Waals surface area contributed by atoms with E-state index in [9.17, 15) is 4.79 Å². The Balaban J connectivity index is 1.89. The summed E-state index contributed by atoms with van der Waals surface area (Å²) >= 11 is 0. The van der Waals surface area contributed by atoms with Crippen LogP contribution in [-0.2, 0) is 14.3 Å². The number of ether oxygens (including phenoxy) is 2. The van der Waals surface area contributed by atoms with Gasteiger partial charge in [-0.2, -0.15) is 0 Å². The molecular formula is C13H26N2O3. The summed E-state index contributed by atoms with van der Waals surface area (Å²) in [6.07, 6.45) is 2.85. The monoisotopic (exact) mass is 258 g/mol. The van der Waals surface area contributed by atoms with Gasteiger partial charge in [-0.25, -0.2) is 0 Å². The van der Waals surface area contributed by atoms with Crippen molar-refractivity contribution in [3.63, 3.8) is 0 Å². The first-order chi connectivity index (χ1) is 8.84. The quantitative estimate of drug-likeness (QED) is 0.617. The molecule has 1 fully saturated rings. The van der Waals surface area contributed by atoms with Crippen molar-refractivity contribution in [2.75, 3.05) is 52.6 Å². The molecule has 1 saturated heterocycles. The van der Waals surface area contributed by atoms with Crippen LogP contribution in [-0.4, -0.2) is 63.4 Å². The number of amides is 1. The van der Waals surface area contributed by atoms with Gasteiger partial charge in [0.2, 0.25) is 5.91 Å². The second kappa shape index (κ2) is 10.3. The number of carbonyl (C=O) groups excluding carboxylic acids is 1. The number of hydrogen-bond acceptors (Lipinski definition) is 4. The predicted molar refractivity (Wildman–Crippen MR) is 70.6 cm³/mol. The smallest absolute Gasteiger partial charge is 0.224 e. The van der Waals surface area contributed by atoms with Crippen LogP contribution in [0.1, 0.15) is 26.2 Å². The van der Waals surface area contributed by atoms with Crippen molar-refractivity contribution in [3.8, 4) is 0 Å². The lowest BCUT2D eigenvalue weighted by Crippen LogP contribution is -2.41. The lowest BCUT2D eigenvalue weighted by atomic mass is 10.3. The van der Waals surface area contributed by atoms with Gasteiger partial charge in [-0.05, 0) is 6.42 Å². The van der Waals surface area contributed by atoms with Crippen LogP contribution in [0.25, 0.3) is 0 Å². The van der Waals surface area contributed by atoms with Crippen molar-refractivity contribution in [2.45, 2.75) is 26.2 Å². The summed E-state index contributed by atoms with van der Waals surface area (Å²) in [6.45, 7) is 8.08. The Hall–Kier alpha value is -0.650. The van der Waals surface area contributed by atoms with Crippen molar-refractivity contribution in [3.05, 3.63) is 0 Å². The number of unbranched alkanes of at least 4 members (excludes halogenated alkanes) is 1. The van der Waals surface area contributed by atoms with Gasteiger partial charge in [-0.3, -0.25) is 4.79 Å². The molecule has 5 heteroatoms. The first-order valence-corrected chi connectivity index (χ1v) is 6.98. The Labute approximate surface area is 110 Å². The zero-order valence-electron chi connectivity index (χ0n) is 11.5. The molecule has 0 radical (unpaired) electrons. The number of rotatable bonds is 9. The van der Waals surface area contributed by atoms with Crippen molar-refractivity contribution in [2.24, 2.45) is 0 Å². The van der Waals surface area contributed by atoms with E-state index >= 15 is 0 Å². The van der Waals surface area contributed by atoms with Crippen LogP contribution in [0.15, 0.2) is 0 Å². The summed E-state index contributed by atoms with van der Waals surface area (Å²) in [5.74, 6) is 0.220. The highest BCUT2D eigenvalue weighted by molar-refractivity contribution is 5.76. The van der Waals surface area contributed by atoms with Crippen LogP contribution in [0.3, 0.4) is 0 Å². The second-order valence-electron chi connectivity index (χ2n) is 4.46. The average Bonchev–Trinajstić information content (AvgIpc) is 2.42. The van der Waals surface area contributed by atoms with Crippen molar-refractivity contribution in [1.29, 1.82) is 0 Å². The van der Waals surface area contributed by atoms with E-state index in [2.05, 4.69) is 12.2 Å². The molecule has 1 aliphatic heterocycles. The van der Waals surface area contributed by atoms with E-state index in [1.54, 1.807) is 0 Å². The normalized spacial score (nSPS) is 15.9. The van der Waals surface area contributed by atoms with Gasteiger partial charge in [0.05, 0.1) is 19.8 Å². The summed E-state index contributed by atoms with van der Waals surface area (Å²) in [4.78, 5) is 13.6. The van der Waals surface area contributed by atoms with E-state index in [-0.39, 0.29) is 5.91 Å². The molecule has 0 saturated carbocycles. The molecule has 1 N–H and O–H groups in total. The topological polar surface area (TPSA) is 50.8 Å². The number of hydrogen-bond donors (Lipinski definition) is 1. The molecule has 0 spiro atoms. The molecule has 106 valence electrons. The largest absolute Gasteiger partial charge is 0.380 e. The Morgan fingerprint density at radius 1 is 1.28 bits per heavy atom. The first kappa shape index (κ1) is 15.4. The van der Waals surface area contributed by atoms with E-state index in [0.29, 0.717) is 19.6 Å². The zero-order valence-corrected chi connectivity index (χ0v) is 11.5. The van der Waals surface area contributed by atoms with Gasteiger partial charge < -0.3 is 19.7 Å². The second-order valence-corrected chi connectivity index (χ2v) is 4.46. The molecule has 0 aromatic heterocycles. The minimum absolute atomic E-state index is 0.220. The molecule has 0 aromatic carbocycles. The van der Waals surface area contributed by atoms with Crippen molar-refractivity contribution < 1.29 is 14.3 Å². The number of morpholine rings is 1. The van der Waals surface area contributed by atoms with Crippen molar-refractivity contribution in [1.82, 2.24) is 10.2 Å². The summed E-state index contributed by atoms with van der Waals surface area (Å²) in [5, 5.41) is 3.23. The maximum absolute atomic E-state index is 11.8. The highest BCUT2D eigenvalue weighted by atomic mass is 16.5. The standard InChI is InChI=1S/C13H26N2O3/c1-2-3-9-17-10-6-14-5-4-13(16)15-7-11-18-12-8-15/h14H,2-12H2,1H3. The van der Waals surface area contributed by atoms with E-state index in [1.807, 2.05) is 4.90 Å². The maximum atomic E-state index is 11.8. The molecule has 0 aromatic rings. The number of carbonyl (C=O) groups is 1. The summed E-state index contributed by atoms with van der Waals surface area (Å²) < 4.78 is 10.6. The number of nitrogens with zero attached hydrogens (tertiary/aromatic N) is 1. The third kappa shape index (κ3) is 6.93. The molecule has 1 aliphatic rings. The van der Waals surface area contributed by atoms with Crippen LogP contribution in [0.2, 0.25) is 0 Å². The van der Waals surface area contributed by atoms with E-state index in [1.165, 1.54) is 6.42 Å². The Kier molecular flexibility index (Phi) is 8.81. The third-order valence-corrected chi connectivity index (χ3v) is 2.94. The van der Waals surface area contributed by atoms with Crippen LogP contribution in [0.4, 0.5) is 0 Å². The van der Waals surface area contributed by atoms with Gasteiger partial charge >= 0.3 is 0 Å². The molecule has 18 heavy (non-hydrogen) atoms. The minimum atomic E-state index is 0.220. The minimum Gasteiger partial charge on any atom is -0.380 e. The molecule has 1 heterocycles. The lowest BCUT2D eigenvalue weighted by molar-refractivity contribution is -0.135. The lowest BCUT2D eigenvalue weighted by Gasteiger charge is -2.26. The highest BCUT2D eigenvalue weighted by Gasteiger charge is 2.15. The molecule has 0 aliphatic carbocycles. The summed E-state index contributed by atoms with van der Waals surface area (Å²) in [5.41, 5.74) is 0. The fourth-order valence-corrected chi connectivity index (χ4v) is 1.78. The Morgan fingerprint density at radius 3 is 2.78 bits per heavy atom. The van der Waals surface area contributed by atoms with Gasteiger partial charge in [0, 0.05) is 39.2 Å². The van der Waals surface area contributed by atoms with Gasteiger partial charge in [-0.1, -0.05) is 13.3 Å². The average molecular weight is 258 g/mol. The molecule has 0 unspecified atom stereocenters. The Morgan fingerprint density at radius 2 is 2.06 bits per heavy atom. The van der Waals surface area contributed by atoms with Crippen LogP contribution in [0.5, 0.6) is 0 Å². The van der Waals surface area contributed by atoms with E-state index < -0.39 is 0 Å². The van der Waals surface area contributed by atoms with Gasteiger partial charge in [0.1, 0.15) is 0 Å². The van der Waals surface area contributed by atoms with Crippen molar-refractivity contribution >= 4 is 5.91 Å². The van der Waals surface area contributed by atoms with Crippen LogP contribution >= 0.6 is 0 Å². The summed E-state index contributed by atoms with van der Waals surface area (Å²) in [7, 11) is 0. The van der Waals surface area contributed by atoms with Gasteiger partial charge in [-0.15, -0.1) is 0 Å². The van der Waals surface area contributed by atoms with Crippen LogP contribution in [0, 0.1) is 0 Å². The third-order valence-electron chi connectivity index (χ3n) is 2.94. The SMILES string of the molecule is CCCCOCCNCCC(=O)N1CCOCC1. The van der Waals surface area contributed by atoms with E-state index in [4.69, 9.17) is 9.47 Å². The molecule has 5 nitrogen and oxygen atoms in total. The van der Waals surface area contributed by atoms with Gasteiger partial charge in [0.15, 0.2) is 0 Å². The fraction of sp³-hybridized carbons (Fsp3) is 0.923. The van der Waals surface area contributed by atoms with Gasteiger partial charge in [0.25, 0.3) is 0 Å². The molecular weight excluding hydrogens is 232 g/mol. The number of nitrogens with one attached hydrogen (secondary N) is 1. The molecule has 1 amide bonds. The molecule has 1 rings (SSSR count). The zero-order chi connectivity index (χ0) is 13.1. The van der Waals surface area contributed by atoms with E-state index in [0.717, 1.165) is 45.8 Å². The molecule has 0 atom stereocenters. The molecule has 0 bridgehead atoms. The Bertz CT molecular complexity index is 218. The first-order valence-electron chi connectivity index (χ1n) is 6.98. The van der Waals surface area contributed by atoms with Crippen LogP contribution < -0.4 is 5.32 Å². The fourth-order valence-electron chi connectivity index (χ4n) is 1.78. The summed E-state index contributed by atoms with van der Waals surface area (Å²) in [6, 6.07) is 0. The maximum Gasteiger partial charge on any atom is 0.224 e. The highest BCUT2D eigenvalue weighted by Crippen LogP contribution is 1.99.